The number of benzene rings is 2. The molecule has 1 atom stereocenters. The first-order valence-electron chi connectivity index (χ1n) is 10.2. The van der Waals surface area contributed by atoms with Gasteiger partial charge in [-0.25, -0.2) is 4.98 Å². The van der Waals surface area contributed by atoms with Gasteiger partial charge in [0.25, 0.3) is 11.8 Å². The average molecular weight is 420 g/mol. The van der Waals surface area contributed by atoms with Crippen LogP contribution in [-0.2, 0) is 4.79 Å². The van der Waals surface area contributed by atoms with E-state index >= 15 is 0 Å². The molecule has 0 bridgehead atoms. The molecule has 0 spiro atoms. The van der Waals surface area contributed by atoms with Crippen LogP contribution < -0.4 is 0 Å². The highest BCUT2D eigenvalue weighted by molar-refractivity contribution is 7.18. The Morgan fingerprint density at radius 2 is 1.73 bits per heavy atom. The average Bonchev–Trinajstić information content (AvgIpc) is 3.47. The van der Waals surface area contributed by atoms with Crippen molar-refractivity contribution in [3.63, 3.8) is 0 Å². The predicted octanol–water partition coefficient (Wildman–Crippen LogP) is 4.04. The van der Waals surface area contributed by atoms with Crippen LogP contribution in [0.5, 0.6) is 0 Å². The molecule has 7 heteroatoms. The van der Waals surface area contributed by atoms with Gasteiger partial charge < -0.3 is 4.90 Å². The largest absolute Gasteiger partial charge is 0.333 e. The maximum absolute atomic E-state index is 12.9. The summed E-state index contributed by atoms with van der Waals surface area (Å²) in [6.45, 7) is 0.990. The Hall–Kier alpha value is -3.06. The van der Waals surface area contributed by atoms with Crippen molar-refractivity contribution in [3.8, 4) is 0 Å². The van der Waals surface area contributed by atoms with Crippen LogP contribution in [0.2, 0.25) is 0 Å². The number of rotatable bonds is 5. The van der Waals surface area contributed by atoms with E-state index in [-0.39, 0.29) is 30.3 Å². The summed E-state index contributed by atoms with van der Waals surface area (Å²) in [5.74, 6) is -0.471. The predicted molar refractivity (Wildman–Crippen MR) is 114 cm³/mol. The standard InChI is InChI=1S/C23H21N3O3S/c27-20(12-6-14-26-22(28)15-7-1-2-8-16(15)23(26)29)25-13-5-10-18(25)21-24-17-9-3-4-11-19(17)30-21/h1-4,7-9,11,18H,5-6,10,12-14H2. The van der Waals surface area contributed by atoms with Crippen molar-refractivity contribution in [3.05, 3.63) is 64.7 Å². The first-order chi connectivity index (χ1) is 14.6. The third-order valence-electron chi connectivity index (χ3n) is 5.82. The smallest absolute Gasteiger partial charge is 0.261 e. The number of likely N-dealkylation sites (tertiary alicyclic amines) is 1. The van der Waals surface area contributed by atoms with Gasteiger partial charge in [0.2, 0.25) is 5.91 Å². The van der Waals surface area contributed by atoms with Crippen molar-refractivity contribution >= 4 is 39.3 Å². The van der Waals surface area contributed by atoms with Crippen molar-refractivity contribution in [1.82, 2.24) is 14.8 Å². The van der Waals surface area contributed by atoms with E-state index in [1.165, 1.54) is 4.90 Å². The molecule has 0 aliphatic carbocycles. The van der Waals surface area contributed by atoms with Gasteiger partial charge >= 0.3 is 0 Å². The Morgan fingerprint density at radius 1 is 1.03 bits per heavy atom. The van der Waals surface area contributed by atoms with E-state index < -0.39 is 0 Å². The number of thiazole rings is 1. The minimum absolute atomic E-state index is 0.0224. The van der Waals surface area contributed by atoms with Gasteiger partial charge in [-0.1, -0.05) is 24.3 Å². The lowest BCUT2D eigenvalue weighted by molar-refractivity contribution is -0.132. The second-order valence-corrected chi connectivity index (χ2v) is 8.74. The minimum atomic E-state index is -0.267. The number of amides is 3. The molecule has 3 aromatic rings. The summed E-state index contributed by atoms with van der Waals surface area (Å²) in [7, 11) is 0. The molecule has 2 aliphatic rings. The molecule has 3 amide bonds. The Kier molecular flexibility index (Phi) is 4.83. The van der Waals surface area contributed by atoms with Crippen LogP contribution in [-0.4, -0.2) is 45.6 Å². The first kappa shape index (κ1) is 18.9. The number of para-hydroxylation sites is 1. The zero-order valence-corrected chi connectivity index (χ0v) is 17.2. The van der Waals surface area contributed by atoms with Gasteiger partial charge in [-0.05, 0) is 43.5 Å². The lowest BCUT2D eigenvalue weighted by Crippen LogP contribution is -2.33. The fraction of sp³-hybridized carbons (Fsp3) is 0.304. The highest BCUT2D eigenvalue weighted by Gasteiger charge is 2.35. The second kappa shape index (κ2) is 7.65. The van der Waals surface area contributed by atoms with Crippen LogP contribution in [0.3, 0.4) is 0 Å². The van der Waals surface area contributed by atoms with Gasteiger partial charge in [0.15, 0.2) is 0 Å². The van der Waals surface area contributed by atoms with Crippen LogP contribution >= 0.6 is 11.3 Å². The topological polar surface area (TPSA) is 70.6 Å². The van der Waals surface area contributed by atoms with Crippen molar-refractivity contribution in [1.29, 1.82) is 0 Å². The third-order valence-corrected chi connectivity index (χ3v) is 6.96. The molecule has 0 saturated carbocycles. The number of carbonyl (C=O) groups excluding carboxylic acids is 3. The number of carbonyl (C=O) groups is 3. The Balaban J connectivity index is 1.22. The molecule has 1 unspecified atom stereocenters. The minimum Gasteiger partial charge on any atom is -0.333 e. The number of fused-ring (bicyclic) bond motifs is 2. The van der Waals surface area contributed by atoms with E-state index in [2.05, 4.69) is 6.07 Å². The highest BCUT2D eigenvalue weighted by Crippen LogP contribution is 2.36. The van der Waals surface area contributed by atoms with E-state index in [1.54, 1.807) is 35.6 Å². The number of hydrogen-bond acceptors (Lipinski definition) is 5. The van der Waals surface area contributed by atoms with Crippen LogP contribution in [0.25, 0.3) is 10.2 Å². The van der Waals surface area contributed by atoms with Crippen molar-refractivity contribution in [2.45, 2.75) is 31.7 Å². The summed E-state index contributed by atoms with van der Waals surface area (Å²) >= 11 is 1.65. The van der Waals surface area contributed by atoms with Crippen molar-refractivity contribution in [2.75, 3.05) is 13.1 Å². The molecule has 5 rings (SSSR count). The molecule has 152 valence electrons. The Labute approximate surface area is 178 Å². The van der Waals surface area contributed by atoms with Gasteiger partial charge in [-0.2, -0.15) is 0 Å². The maximum Gasteiger partial charge on any atom is 0.261 e. The quantitative estimate of drug-likeness (QED) is 0.586. The number of aromatic nitrogens is 1. The summed E-state index contributed by atoms with van der Waals surface area (Å²) in [5, 5.41) is 0.988. The molecule has 6 nitrogen and oxygen atoms in total. The van der Waals surface area contributed by atoms with Crippen LogP contribution in [0.15, 0.2) is 48.5 Å². The summed E-state index contributed by atoms with van der Waals surface area (Å²) < 4.78 is 1.14. The van der Waals surface area contributed by atoms with E-state index in [9.17, 15) is 14.4 Å². The van der Waals surface area contributed by atoms with Crippen LogP contribution in [0.4, 0.5) is 0 Å². The van der Waals surface area contributed by atoms with Crippen molar-refractivity contribution in [2.24, 2.45) is 0 Å². The SMILES string of the molecule is O=C1c2ccccc2C(=O)N1CCCC(=O)N1CCCC1c1nc2ccccc2s1. The van der Waals surface area contributed by atoms with Crippen molar-refractivity contribution < 1.29 is 14.4 Å². The number of imide groups is 1. The maximum atomic E-state index is 12.9. The van der Waals surface area contributed by atoms with Gasteiger partial charge in [0, 0.05) is 19.5 Å². The van der Waals surface area contributed by atoms with Gasteiger partial charge in [0.1, 0.15) is 5.01 Å². The van der Waals surface area contributed by atoms with E-state index in [0.717, 1.165) is 34.6 Å². The zero-order chi connectivity index (χ0) is 20.7. The summed E-state index contributed by atoms with van der Waals surface area (Å²) in [6, 6.07) is 14.9. The van der Waals surface area contributed by atoms with E-state index in [4.69, 9.17) is 4.98 Å². The third kappa shape index (κ3) is 3.19. The molecular formula is C23H21N3O3S. The molecule has 3 heterocycles. The first-order valence-corrected chi connectivity index (χ1v) is 11.1. The summed E-state index contributed by atoms with van der Waals surface area (Å²) in [4.78, 5) is 45.8. The van der Waals surface area contributed by atoms with Gasteiger partial charge in [-0.15, -0.1) is 11.3 Å². The zero-order valence-electron chi connectivity index (χ0n) is 16.4. The number of hydrogen-bond donors (Lipinski definition) is 0. The molecule has 1 aromatic heterocycles. The van der Waals surface area contributed by atoms with Gasteiger partial charge in [-0.3, -0.25) is 19.3 Å². The Morgan fingerprint density at radius 3 is 2.47 bits per heavy atom. The van der Waals surface area contributed by atoms with Crippen LogP contribution in [0.1, 0.15) is 57.4 Å². The lowest BCUT2D eigenvalue weighted by atomic mass is 10.1. The molecule has 0 radical (unpaired) electrons. The van der Waals surface area contributed by atoms with Crippen LogP contribution in [0, 0.1) is 0 Å². The molecular weight excluding hydrogens is 398 g/mol. The fourth-order valence-corrected chi connectivity index (χ4v) is 5.44. The second-order valence-electron chi connectivity index (χ2n) is 7.68. The van der Waals surface area contributed by atoms with Gasteiger partial charge in [0.05, 0.1) is 27.4 Å². The highest BCUT2D eigenvalue weighted by atomic mass is 32.1. The number of nitrogens with zero attached hydrogens (tertiary/aromatic N) is 3. The molecule has 1 fully saturated rings. The lowest BCUT2D eigenvalue weighted by Gasteiger charge is -2.23. The normalized spacial score (nSPS) is 18.5. The van der Waals surface area contributed by atoms with E-state index in [1.807, 2.05) is 23.1 Å². The molecule has 30 heavy (non-hydrogen) atoms. The summed E-state index contributed by atoms with van der Waals surface area (Å²) in [5.41, 5.74) is 1.87. The molecule has 2 aliphatic heterocycles. The Bertz CT molecular complexity index is 1090. The molecule has 2 aromatic carbocycles. The summed E-state index contributed by atoms with van der Waals surface area (Å²) in [6.07, 6.45) is 2.66. The molecule has 1 saturated heterocycles. The monoisotopic (exact) mass is 419 g/mol. The molecule has 0 N–H and O–H groups in total. The van der Waals surface area contributed by atoms with E-state index in [0.29, 0.717) is 24.0 Å². The fourth-order valence-electron chi connectivity index (χ4n) is 4.33.